The number of benzene rings is 1. The number of ether oxygens (including phenoxy) is 1. The van der Waals surface area contributed by atoms with Crippen LogP contribution in [0.2, 0.25) is 0 Å². The topological polar surface area (TPSA) is 110 Å². The fraction of sp³-hybridized carbons (Fsp3) is 0.500. The monoisotopic (exact) mass is 346 g/mol. The molecule has 0 unspecified atom stereocenters. The quantitative estimate of drug-likeness (QED) is 0.837. The SMILES string of the molecule is NC(=O)COc1cccc(C(=O)N2[C@@H]3CCCC[C@@H]3C[C@H]2C(=O)O)c1. The summed E-state index contributed by atoms with van der Waals surface area (Å²) < 4.78 is 5.24. The highest BCUT2D eigenvalue weighted by molar-refractivity contribution is 5.97. The normalized spacial score (nSPS) is 25.3. The van der Waals surface area contributed by atoms with E-state index in [-0.39, 0.29) is 24.5 Å². The molecule has 3 rings (SSSR count). The first-order valence-electron chi connectivity index (χ1n) is 8.54. The van der Waals surface area contributed by atoms with Gasteiger partial charge in [-0.25, -0.2) is 4.79 Å². The number of primary amides is 1. The first-order chi connectivity index (χ1) is 12.0. The summed E-state index contributed by atoms with van der Waals surface area (Å²) in [6.07, 6.45) is 4.44. The van der Waals surface area contributed by atoms with Crippen LogP contribution in [-0.4, -0.2) is 46.5 Å². The molecular weight excluding hydrogens is 324 g/mol. The Labute approximate surface area is 145 Å². The number of nitrogens with zero attached hydrogens (tertiary/aromatic N) is 1. The molecule has 2 aliphatic rings. The fourth-order valence-corrected chi connectivity index (χ4v) is 4.00. The van der Waals surface area contributed by atoms with Gasteiger partial charge in [0.2, 0.25) is 0 Å². The lowest BCUT2D eigenvalue weighted by Gasteiger charge is -2.33. The number of hydrogen-bond acceptors (Lipinski definition) is 4. The Balaban J connectivity index is 1.83. The van der Waals surface area contributed by atoms with Crippen LogP contribution < -0.4 is 10.5 Å². The highest BCUT2D eigenvalue weighted by Crippen LogP contribution is 2.40. The zero-order valence-corrected chi connectivity index (χ0v) is 13.9. The van der Waals surface area contributed by atoms with Gasteiger partial charge in [-0.2, -0.15) is 0 Å². The van der Waals surface area contributed by atoms with Crippen LogP contribution in [0.1, 0.15) is 42.5 Å². The van der Waals surface area contributed by atoms with E-state index in [2.05, 4.69) is 0 Å². The molecule has 1 aliphatic heterocycles. The van der Waals surface area contributed by atoms with Crippen LogP contribution in [0.4, 0.5) is 0 Å². The summed E-state index contributed by atoms with van der Waals surface area (Å²) in [5, 5.41) is 9.56. The van der Waals surface area contributed by atoms with Gasteiger partial charge < -0.3 is 20.5 Å². The lowest BCUT2D eigenvalue weighted by molar-refractivity contribution is -0.141. The molecule has 1 heterocycles. The highest BCUT2D eigenvalue weighted by atomic mass is 16.5. The van der Waals surface area contributed by atoms with Crippen LogP contribution >= 0.6 is 0 Å². The summed E-state index contributed by atoms with van der Waals surface area (Å²) in [4.78, 5) is 37.1. The third kappa shape index (κ3) is 3.60. The van der Waals surface area contributed by atoms with E-state index in [1.54, 1.807) is 23.1 Å². The minimum atomic E-state index is -0.955. The molecule has 2 fully saturated rings. The molecule has 1 saturated carbocycles. The first kappa shape index (κ1) is 17.3. The Bertz CT molecular complexity index is 690. The Kier molecular flexibility index (Phi) is 4.92. The Hall–Kier alpha value is -2.57. The summed E-state index contributed by atoms with van der Waals surface area (Å²) >= 11 is 0. The van der Waals surface area contributed by atoms with Crippen molar-refractivity contribution in [1.82, 2.24) is 4.90 Å². The van der Waals surface area contributed by atoms with Crippen LogP contribution in [0.25, 0.3) is 0 Å². The molecule has 1 aromatic rings. The van der Waals surface area contributed by atoms with Crippen molar-refractivity contribution < 1.29 is 24.2 Å². The predicted octanol–water partition coefficient (Wildman–Crippen LogP) is 1.41. The molecular formula is C18H22N2O5. The van der Waals surface area contributed by atoms with Crippen LogP contribution in [0, 0.1) is 5.92 Å². The number of carbonyl (C=O) groups excluding carboxylic acids is 2. The van der Waals surface area contributed by atoms with E-state index in [0.29, 0.717) is 17.7 Å². The molecule has 3 N–H and O–H groups in total. The van der Waals surface area contributed by atoms with Crippen molar-refractivity contribution in [3.63, 3.8) is 0 Å². The van der Waals surface area contributed by atoms with Crippen LogP contribution in [0.3, 0.4) is 0 Å². The van der Waals surface area contributed by atoms with Gasteiger partial charge in [0.25, 0.3) is 11.8 Å². The number of aliphatic carboxylic acids is 1. The zero-order valence-electron chi connectivity index (χ0n) is 13.9. The number of likely N-dealkylation sites (tertiary alicyclic amines) is 1. The maximum Gasteiger partial charge on any atom is 0.326 e. The number of nitrogens with two attached hydrogens (primary N) is 1. The number of carboxylic acids is 1. The van der Waals surface area contributed by atoms with Gasteiger partial charge in [0.1, 0.15) is 11.8 Å². The molecule has 7 heteroatoms. The molecule has 3 atom stereocenters. The standard InChI is InChI=1S/C18H22N2O5/c19-16(21)10-25-13-6-3-5-12(8-13)17(22)20-14-7-2-1-4-11(14)9-15(20)18(23)24/h3,5-6,8,11,14-15H,1-2,4,7,9-10H2,(H2,19,21)(H,23,24)/t11-,14-,15+/m1/s1. The minimum absolute atomic E-state index is 0.0162. The lowest BCUT2D eigenvalue weighted by Crippen LogP contribution is -2.46. The Morgan fingerprint density at radius 2 is 2.00 bits per heavy atom. The highest BCUT2D eigenvalue weighted by Gasteiger charge is 2.47. The van der Waals surface area contributed by atoms with Gasteiger partial charge in [0.05, 0.1) is 0 Å². The van der Waals surface area contributed by atoms with Gasteiger partial charge in [-0.1, -0.05) is 18.9 Å². The average Bonchev–Trinajstić information content (AvgIpc) is 2.99. The molecule has 1 aliphatic carbocycles. The second-order valence-electron chi connectivity index (χ2n) is 6.70. The number of carbonyl (C=O) groups is 3. The lowest BCUT2D eigenvalue weighted by atomic mass is 9.84. The summed E-state index contributed by atoms with van der Waals surface area (Å²) in [5.41, 5.74) is 5.42. The van der Waals surface area contributed by atoms with Crippen molar-refractivity contribution >= 4 is 17.8 Å². The largest absolute Gasteiger partial charge is 0.484 e. The molecule has 134 valence electrons. The van der Waals surface area contributed by atoms with Crippen molar-refractivity contribution in [3.05, 3.63) is 29.8 Å². The molecule has 0 radical (unpaired) electrons. The molecule has 1 saturated heterocycles. The van der Waals surface area contributed by atoms with E-state index in [1.807, 2.05) is 0 Å². The fourth-order valence-electron chi connectivity index (χ4n) is 4.00. The van der Waals surface area contributed by atoms with Crippen LogP contribution in [-0.2, 0) is 9.59 Å². The van der Waals surface area contributed by atoms with Gasteiger partial charge in [-0.3, -0.25) is 9.59 Å². The second-order valence-corrected chi connectivity index (χ2v) is 6.70. The van der Waals surface area contributed by atoms with Crippen LogP contribution in [0.15, 0.2) is 24.3 Å². The van der Waals surface area contributed by atoms with Crippen molar-refractivity contribution in [1.29, 1.82) is 0 Å². The number of hydrogen-bond donors (Lipinski definition) is 2. The maximum atomic E-state index is 13.0. The van der Waals surface area contributed by atoms with Gasteiger partial charge in [-0.05, 0) is 43.4 Å². The molecule has 0 bridgehead atoms. The van der Waals surface area contributed by atoms with Gasteiger partial charge in [0.15, 0.2) is 6.61 Å². The molecule has 2 amide bonds. The van der Waals surface area contributed by atoms with Crippen molar-refractivity contribution in [2.45, 2.75) is 44.2 Å². The minimum Gasteiger partial charge on any atom is -0.484 e. The van der Waals surface area contributed by atoms with Crippen molar-refractivity contribution in [2.75, 3.05) is 6.61 Å². The first-order valence-corrected chi connectivity index (χ1v) is 8.54. The van der Waals surface area contributed by atoms with E-state index in [4.69, 9.17) is 10.5 Å². The summed E-state index contributed by atoms with van der Waals surface area (Å²) in [5.74, 6) is -1.24. The van der Waals surface area contributed by atoms with Gasteiger partial charge in [-0.15, -0.1) is 0 Å². The smallest absolute Gasteiger partial charge is 0.326 e. The van der Waals surface area contributed by atoms with E-state index in [0.717, 1.165) is 25.7 Å². The Morgan fingerprint density at radius 1 is 1.24 bits per heavy atom. The maximum absolute atomic E-state index is 13.0. The number of carboxylic acid groups (broad SMARTS) is 1. The molecule has 25 heavy (non-hydrogen) atoms. The van der Waals surface area contributed by atoms with E-state index in [1.165, 1.54) is 6.07 Å². The number of fused-ring (bicyclic) bond motifs is 1. The number of amides is 2. The summed E-state index contributed by atoms with van der Waals surface area (Å²) in [6.45, 7) is -0.274. The van der Waals surface area contributed by atoms with E-state index >= 15 is 0 Å². The second kappa shape index (κ2) is 7.13. The van der Waals surface area contributed by atoms with E-state index in [9.17, 15) is 19.5 Å². The number of rotatable bonds is 5. The average molecular weight is 346 g/mol. The van der Waals surface area contributed by atoms with Gasteiger partial charge in [0, 0.05) is 11.6 Å². The zero-order chi connectivity index (χ0) is 18.0. The van der Waals surface area contributed by atoms with E-state index < -0.39 is 17.9 Å². The van der Waals surface area contributed by atoms with Crippen LogP contribution in [0.5, 0.6) is 5.75 Å². The Morgan fingerprint density at radius 3 is 2.72 bits per heavy atom. The molecule has 1 aromatic carbocycles. The predicted molar refractivity (Wildman–Crippen MR) is 89.1 cm³/mol. The summed E-state index contributed by atoms with van der Waals surface area (Å²) in [6, 6.07) is 5.64. The van der Waals surface area contributed by atoms with Crippen molar-refractivity contribution in [3.8, 4) is 5.75 Å². The molecule has 7 nitrogen and oxygen atoms in total. The third-order valence-corrected chi connectivity index (χ3v) is 5.07. The van der Waals surface area contributed by atoms with Crippen molar-refractivity contribution in [2.24, 2.45) is 11.7 Å². The molecule has 0 spiro atoms. The van der Waals surface area contributed by atoms with Gasteiger partial charge >= 0.3 is 5.97 Å². The third-order valence-electron chi connectivity index (χ3n) is 5.07. The summed E-state index contributed by atoms with van der Waals surface area (Å²) in [7, 11) is 0. The molecule has 0 aromatic heterocycles.